The van der Waals surface area contributed by atoms with Crippen LogP contribution in [0, 0.1) is 5.92 Å². The lowest BCUT2D eigenvalue weighted by atomic mass is 10.0. The number of hydrogen-bond acceptors (Lipinski definition) is 5. The molecule has 0 unspecified atom stereocenters. The van der Waals surface area contributed by atoms with Crippen molar-refractivity contribution < 1.29 is 22.7 Å². The van der Waals surface area contributed by atoms with Gasteiger partial charge in [-0.15, -0.1) is 0 Å². The Morgan fingerprint density at radius 3 is 2.71 bits per heavy atom. The van der Waals surface area contributed by atoms with Gasteiger partial charge in [-0.05, 0) is 31.9 Å². The van der Waals surface area contributed by atoms with Gasteiger partial charge in [-0.2, -0.15) is 4.31 Å². The molecule has 9 heteroatoms. The van der Waals surface area contributed by atoms with Gasteiger partial charge in [0, 0.05) is 13.1 Å². The van der Waals surface area contributed by atoms with Crippen LogP contribution in [0.4, 0.5) is 0 Å². The average Bonchev–Trinajstić information content (AvgIpc) is 2.57. The molecule has 1 atom stereocenters. The smallest absolute Gasteiger partial charge is 0.310 e. The molecule has 0 N–H and O–H groups in total. The fourth-order valence-electron chi connectivity index (χ4n) is 2.66. The van der Waals surface area contributed by atoms with E-state index in [4.69, 9.17) is 32.7 Å². The molecule has 0 amide bonds. The van der Waals surface area contributed by atoms with Crippen LogP contribution in [0.25, 0.3) is 0 Å². The number of carbonyl (C=O) groups excluding carboxylic acids is 1. The van der Waals surface area contributed by atoms with Gasteiger partial charge in [-0.25, -0.2) is 8.42 Å². The van der Waals surface area contributed by atoms with Gasteiger partial charge in [0.05, 0.1) is 24.7 Å². The van der Waals surface area contributed by atoms with E-state index in [1.54, 1.807) is 6.92 Å². The SMILES string of the molecule is CCOC(=O)[C@@H]1CCCN(S(=O)(=O)c2ccc(Cl)c(Cl)c2OC)C1. The van der Waals surface area contributed by atoms with Crippen molar-refractivity contribution in [1.82, 2.24) is 4.31 Å². The van der Waals surface area contributed by atoms with Crippen molar-refractivity contribution in [1.29, 1.82) is 0 Å². The Morgan fingerprint density at radius 1 is 1.38 bits per heavy atom. The molecule has 0 aromatic heterocycles. The summed E-state index contributed by atoms with van der Waals surface area (Å²) < 4.78 is 37.3. The molecule has 0 spiro atoms. The van der Waals surface area contributed by atoms with Crippen LogP contribution in [0.2, 0.25) is 10.0 Å². The number of nitrogens with zero attached hydrogens (tertiary/aromatic N) is 1. The summed E-state index contributed by atoms with van der Waals surface area (Å²) >= 11 is 12.0. The molecule has 0 saturated carbocycles. The quantitative estimate of drug-likeness (QED) is 0.716. The average molecular weight is 396 g/mol. The molecule has 1 aliphatic heterocycles. The number of rotatable bonds is 5. The molecule has 1 aliphatic rings. The zero-order valence-electron chi connectivity index (χ0n) is 13.4. The molecule has 0 aliphatic carbocycles. The van der Waals surface area contributed by atoms with Crippen LogP contribution in [0.1, 0.15) is 19.8 Å². The standard InChI is InChI=1S/C15H19Cl2NO5S/c1-3-23-15(19)10-5-4-8-18(9-10)24(20,21)12-7-6-11(16)13(17)14(12)22-2/h6-7,10H,3-5,8-9H2,1-2H3/t10-/m1/s1. The highest BCUT2D eigenvalue weighted by Crippen LogP contribution is 2.39. The Labute approximate surface area is 151 Å². The zero-order valence-corrected chi connectivity index (χ0v) is 15.7. The first-order valence-electron chi connectivity index (χ1n) is 7.51. The summed E-state index contributed by atoms with van der Waals surface area (Å²) in [7, 11) is -2.54. The van der Waals surface area contributed by atoms with Gasteiger partial charge in [-0.3, -0.25) is 4.79 Å². The largest absolute Gasteiger partial charge is 0.494 e. The fraction of sp³-hybridized carbons (Fsp3) is 0.533. The van der Waals surface area contributed by atoms with Crippen LogP contribution < -0.4 is 4.74 Å². The van der Waals surface area contributed by atoms with Gasteiger partial charge >= 0.3 is 5.97 Å². The Morgan fingerprint density at radius 2 is 2.08 bits per heavy atom. The van der Waals surface area contributed by atoms with E-state index in [-0.39, 0.29) is 39.8 Å². The summed E-state index contributed by atoms with van der Waals surface area (Å²) in [5.41, 5.74) is 0. The molecule has 24 heavy (non-hydrogen) atoms. The topological polar surface area (TPSA) is 72.9 Å². The van der Waals surface area contributed by atoms with Crippen molar-refractivity contribution in [2.24, 2.45) is 5.92 Å². The summed E-state index contributed by atoms with van der Waals surface area (Å²) in [5, 5.41) is 0.245. The molecule has 134 valence electrons. The van der Waals surface area contributed by atoms with E-state index < -0.39 is 15.9 Å². The lowest BCUT2D eigenvalue weighted by Crippen LogP contribution is -2.42. The third kappa shape index (κ3) is 3.79. The van der Waals surface area contributed by atoms with Gasteiger partial charge in [0.2, 0.25) is 10.0 Å². The number of piperidine rings is 1. The second kappa shape index (κ2) is 7.91. The molecule has 0 bridgehead atoms. The van der Waals surface area contributed by atoms with E-state index in [1.807, 2.05) is 0 Å². The van der Waals surface area contributed by atoms with Crippen molar-refractivity contribution in [2.75, 3.05) is 26.8 Å². The van der Waals surface area contributed by atoms with Crippen molar-refractivity contribution in [3.63, 3.8) is 0 Å². The van der Waals surface area contributed by atoms with Crippen LogP contribution >= 0.6 is 23.2 Å². The van der Waals surface area contributed by atoms with Crippen molar-refractivity contribution >= 4 is 39.2 Å². The van der Waals surface area contributed by atoms with Crippen molar-refractivity contribution in [3.8, 4) is 5.75 Å². The zero-order chi connectivity index (χ0) is 17.9. The lowest BCUT2D eigenvalue weighted by Gasteiger charge is -2.31. The fourth-order valence-corrected chi connectivity index (χ4v) is 4.79. The van der Waals surface area contributed by atoms with Crippen LogP contribution in [0.15, 0.2) is 17.0 Å². The van der Waals surface area contributed by atoms with Gasteiger partial charge in [-0.1, -0.05) is 23.2 Å². The number of ether oxygens (including phenoxy) is 2. The molecule has 6 nitrogen and oxygen atoms in total. The molecule has 1 aromatic carbocycles. The molecular weight excluding hydrogens is 377 g/mol. The minimum absolute atomic E-state index is 0.00225. The minimum Gasteiger partial charge on any atom is -0.494 e. The van der Waals surface area contributed by atoms with Gasteiger partial charge < -0.3 is 9.47 Å². The number of methoxy groups -OCH3 is 1. The minimum atomic E-state index is -3.87. The monoisotopic (exact) mass is 395 g/mol. The number of carbonyl (C=O) groups is 1. The van der Waals surface area contributed by atoms with Crippen LogP contribution in [-0.2, 0) is 19.6 Å². The van der Waals surface area contributed by atoms with E-state index >= 15 is 0 Å². The molecule has 1 fully saturated rings. The van der Waals surface area contributed by atoms with E-state index in [2.05, 4.69) is 0 Å². The third-order valence-corrected chi connectivity index (χ3v) is 6.52. The summed E-state index contributed by atoms with van der Waals surface area (Å²) in [5.74, 6) is -0.844. The number of halogens is 2. The molecule has 2 rings (SSSR count). The van der Waals surface area contributed by atoms with Crippen molar-refractivity contribution in [2.45, 2.75) is 24.7 Å². The van der Waals surface area contributed by atoms with Gasteiger partial charge in [0.15, 0.2) is 5.75 Å². The maximum Gasteiger partial charge on any atom is 0.310 e. The molecular formula is C15H19Cl2NO5S. The van der Waals surface area contributed by atoms with E-state index in [0.717, 1.165) is 0 Å². The Bertz CT molecular complexity index is 723. The normalized spacial score (nSPS) is 19.1. The first-order chi connectivity index (χ1) is 11.3. The maximum atomic E-state index is 12.9. The van der Waals surface area contributed by atoms with E-state index in [1.165, 1.54) is 23.5 Å². The first kappa shape index (κ1) is 19.3. The Kier molecular flexibility index (Phi) is 6.36. The summed E-state index contributed by atoms with van der Waals surface area (Å²) in [4.78, 5) is 11.9. The number of benzene rings is 1. The number of hydrogen-bond donors (Lipinski definition) is 0. The highest BCUT2D eigenvalue weighted by atomic mass is 35.5. The van der Waals surface area contributed by atoms with E-state index in [0.29, 0.717) is 19.4 Å². The molecule has 1 aromatic rings. The highest BCUT2D eigenvalue weighted by molar-refractivity contribution is 7.89. The molecule has 1 heterocycles. The van der Waals surface area contributed by atoms with E-state index in [9.17, 15) is 13.2 Å². The predicted octanol–water partition coefficient (Wildman–Crippen LogP) is 2.97. The van der Waals surface area contributed by atoms with Crippen LogP contribution in [0.3, 0.4) is 0 Å². The predicted molar refractivity (Wildman–Crippen MR) is 91.1 cm³/mol. The highest BCUT2D eigenvalue weighted by Gasteiger charge is 2.36. The molecule has 1 saturated heterocycles. The summed E-state index contributed by atoms with van der Waals surface area (Å²) in [6.07, 6.45) is 1.18. The Hall–Kier alpha value is -1.02. The first-order valence-corrected chi connectivity index (χ1v) is 9.71. The van der Waals surface area contributed by atoms with Crippen molar-refractivity contribution in [3.05, 3.63) is 22.2 Å². The van der Waals surface area contributed by atoms with Crippen LogP contribution in [0.5, 0.6) is 5.75 Å². The summed E-state index contributed by atoms with van der Waals surface area (Å²) in [6.45, 7) is 2.38. The van der Waals surface area contributed by atoms with Crippen LogP contribution in [-0.4, -0.2) is 45.5 Å². The Balaban J connectivity index is 2.34. The molecule has 0 radical (unpaired) electrons. The lowest BCUT2D eigenvalue weighted by molar-refractivity contribution is -0.149. The van der Waals surface area contributed by atoms with Gasteiger partial charge in [0.1, 0.15) is 9.92 Å². The van der Waals surface area contributed by atoms with Gasteiger partial charge in [0.25, 0.3) is 0 Å². The second-order valence-corrected chi connectivity index (χ2v) is 8.04. The second-order valence-electron chi connectivity index (χ2n) is 5.35. The summed E-state index contributed by atoms with van der Waals surface area (Å²) in [6, 6.07) is 2.77. The number of esters is 1. The maximum absolute atomic E-state index is 12.9. The number of sulfonamides is 1. The third-order valence-electron chi connectivity index (χ3n) is 3.84.